The Hall–Kier alpha value is -3.93. The van der Waals surface area contributed by atoms with E-state index in [0.29, 0.717) is 10.6 Å². The van der Waals surface area contributed by atoms with Gasteiger partial charge in [-0.2, -0.15) is 0 Å². The first-order valence-corrected chi connectivity index (χ1v) is 8.25. The smallest absolute Gasteiger partial charge is 0.399 e. The SMILES string of the molecule is O=C(ON1C(=O)c2ccccc2C1=O)c1cc2c(ccc3ccccc32)o1. The molecule has 5 rings (SSSR count). The van der Waals surface area contributed by atoms with E-state index in [1.165, 1.54) is 12.1 Å². The third kappa shape index (κ3) is 2.23. The molecule has 0 saturated carbocycles. The zero-order chi connectivity index (χ0) is 18.5. The van der Waals surface area contributed by atoms with Crippen LogP contribution in [0, 0.1) is 0 Å². The molecule has 2 heterocycles. The Bertz CT molecular complexity index is 1240. The number of carbonyl (C=O) groups is 3. The molecule has 6 heteroatoms. The molecule has 0 N–H and O–H groups in total. The van der Waals surface area contributed by atoms with Crippen LogP contribution in [0.2, 0.25) is 0 Å². The summed E-state index contributed by atoms with van der Waals surface area (Å²) >= 11 is 0. The molecule has 0 bridgehead atoms. The Labute approximate surface area is 152 Å². The molecule has 0 aliphatic carbocycles. The summed E-state index contributed by atoms with van der Waals surface area (Å²) in [5, 5.41) is 3.16. The fourth-order valence-corrected chi connectivity index (χ4v) is 3.27. The van der Waals surface area contributed by atoms with Crippen molar-refractivity contribution in [2.75, 3.05) is 0 Å². The van der Waals surface area contributed by atoms with Crippen molar-refractivity contribution in [1.82, 2.24) is 5.06 Å². The van der Waals surface area contributed by atoms with Crippen LogP contribution in [-0.4, -0.2) is 22.8 Å². The normalized spacial score (nSPS) is 13.4. The van der Waals surface area contributed by atoms with Crippen molar-refractivity contribution >= 4 is 39.5 Å². The minimum absolute atomic E-state index is 0.0853. The highest BCUT2D eigenvalue weighted by Gasteiger charge is 2.39. The lowest BCUT2D eigenvalue weighted by atomic mass is 10.1. The molecule has 4 aromatic rings. The maximum absolute atomic E-state index is 12.5. The number of carbonyl (C=O) groups excluding carboxylic acids is 3. The second-order valence-electron chi connectivity index (χ2n) is 6.14. The predicted molar refractivity (Wildman–Crippen MR) is 96.1 cm³/mol. The Balaban J connectivity index is 1.49. The third-order valence-electron chi connectivity index (χ3n) is 4.56. The van der Waals surface area contributed by atoms with Crippen LogP contribution < -0.4 is 0 Å². The Kier molecular flexibility index (Phi) is 3.14. The second kappa shape index (κ2) is 5.54. The molecule has 27 heavy (non-hydrogen) atoms. The van der Waals surface area contributed by atoms with Gasteiger partial charge in [0.05, 0.1) is 11.1 Å². The predicted octanol–water partition coefficient (Wildman–Crippen LogP) is 3.95. The summed E-state index contributed by atoms with van der Waals surface area (Å²) in [6.07, 6.45) is 0. The summed E-state index contributed by atoms with van der Waals surface area (Å²) in [6, 6.07) is 19.2. The van der Waals surface area contributed by atoms with Crippen LogP contribution in [0.3, 0.4) is 0 Å². The number of rotatable bonds is 2. The largest absolute Gasteiger partial charge is 0.449 e. The first kappa shape index (κ1) is 15.3. The van der Waals surface area contributed by atoms with Crippen LogP contribution in [0.25, 0.3) is 21.7 Å². The Morgan fingerprint density at radius 3 is 2.22 bits per heavy atom. The van der Waals surface area contributed by atoms with Gasteiger partial charge in [0.15, 0.2) is 0 Å². The minimum atomic E-state index is -0.912. The summed E-state index contributed by atoms with van der Waals surface area (Å²) in [7, 11) is 0. The van der Waals surface area contributed by atoms with Gasteiger partial charge in [-0.1, -0.05) is 47.5 Å². The molecule has 0 unspecified atom stereocenters. The van der Waals surface area contributed by atoms with Crippen LogP contribution in [0.1, 0.15) is 31.3 Å². The van der Waals surface area contributed by atoms with Gasteiger partial charge in [0.1, 0.15) is 5.58 Å². The van der Waals surface area contributed by atoms with E-state index in [4.69, 9.17) is 9.25 Å². The molecule has 1 aliphatic rings. The van der Waals surface area contributed by atoms with E-state index in [0.717, 1.165) is 16.2 Å². The highest BCUT2D eigenvalue weighted by atomic mass is 16.7. The van der Waals surface area contributed by atoms with Crippen LogP contribution in [0.15, 0.2) is 71.1 Å². The number of nitrogens with zero attached hydrogens (tertiary/aromatic N) is 1. The number of imide groups is 1. The van der Waals surface area contributed by atoms with Gasteiger partial charge < -0.3 is 9.25 Å². The standard InChI is InChI=1S/C21H11NO5/c23-19-14-7-3-4-8-15(14)20(24)22(19)27-21(25)18-11-16-13-6-2-1-5-12(13)9-10-17(16)26-18/h1-11H. The maximum atomic E-state index is 12.5. The monoisotopic (exact) mass is 357 g/mol. The topological polar surface area (TPSA) is 76.8 Å². The highest BCUT2D eigenvalue weighted by Crippen LogP contribution is 2.29. The van der Waals surface area contributed by atoms with Crippen molar-refractivity contribution in [3.63, 3.8) is 0 Å². The van der Waals surface area contributed by atoms with Crippen molar-refractivity contribution in [1.29, 1.82) is 0 Å². The number of furan rings is 1. The van der Waals surface area contributed by atoms with Crippen molar-refractivity contribution in [2.24, 2.45) is 0 Å². The first-order chi connectivity index (χ1) is 13.1. The van der Waals surface area contributed by atoms with Crippen LogP contribution in [0.5, 0.6) is 0 Å². The number of amides is 2. The first-order valence-electron chi connectivity index (χ1n) is 8.25. The molecule has 0 radical (unpaired) electrons. The lowest BCUT2D eigenvalue weighted by Gasteiger charge is -2.11. The van der Waals surface area contributed by atoms with Crippen molar-refractivity contribution in [2.45, 2.75) is 0 Å². The maximum Gasteiger partial charge on any atom is 0.399 e. The van der Waals surface area contributed by atoms with E-state index in [1.54, 1.807) is 24.3 Å². The summed E-state index contributed by atoms with van der Waals surface area (Å²) in [5.41, 5.74) is 0.916. The molecule has 0 fully saturated rings. The fraction of sp³-hybridized carbons (Fsp3) is 0. The quantitative estimate of drug-likeness (QED) is 0.508. The number of benzene rings is 3. The van der Waals surface area contributed by atoms with Gasteiger partial charge in [0, 0.05) is 11.5 Å². The zero-order valence-electron chi connectivity index (χ0n) is 13.8. The van der Waals surface area contributed by atoms with Gasteiger partial charge in [-0.3, -0.25) is 9.59 Å². The van der Waals surface area contributed by atoms with E-state index in [2.05, 4.69) is 0 Å². The lowest BCUT2D eigenvalue weighted by Crippen LogP contribution is -2.32. The highest BCUT2D eigenvalue weighted by molar-refractivity contribution is 6.21. The third-order valence-corrected chi connectivity index (χ3v) is 4.56. The summed E-state index contributed by atoms with van der Waals surface area (Å²) < 4.78 is 5.57. The van der Waals surface area contributed by atoms with Crippen molar-refractivity contribution in [3.05, 3.63) is 83.6 Å². The number of hydroxylamine groups is 2. The molecule has 0 atom stereocenters. The molecular formula is C21H11NO5. The van der Waals surface area contributed by atoms with Crippen LogP contribution in [-0.2, 0) is 4.84 Å². The lowest BCUT2D eigenvalue weighted by molar-refractivity contribution is -0.0602. The number of fused-ring (bicyclic) bond motifs is 4. The second-order valence-corrected chi connectivity index (χ2v) is 6.14. The van der Waals surface area contributed by atoms with Gasteiger partial charge in [-0.15, -0.1) is 0 Å². The average molecular weight is 357 g/mol. The van der Waals surface area contributed by atoms with E-state index < -0.39 is 17.8 Å². The van der Waals surface area contributed by atoms with Gasteiger partial charge in [-0.25, -0.2) is 4.79 Å². The molecule has 2 amide bonds. The van der Waals surface area contributed by atoms with Crippen LogP contribution in [0.4, 0.5) is 0 Å². The minimum Gasteiger partial charge on any atom is -0.449 e. The fourth-order valence-electron chi connectivity index (χ4n) is 3.27. The van der Waals surface area contributed by atoms with E-state index in [9.17, 15) is 14.4 Å². The van der Waals surface area contributed by atoms with Gasteiger partial charge in [0.2, 0.25) is 5.76 Å². The van der Waals surface area contributed by atoms with Crippen molar-refractivity contribution in [3.8, 4) is 0 Å². The van der Waals surface area contributed by atoms with E-state index >= 15 is 0 Å². The molecule has 1 aromatic heterocycles. The number of hydrogen-bond donors (Lipinski definition) is 0. The zero-order valence-corrected chi connectivity index (χ0v) is 13.8. The average Bonchev–Trinajstić information content (AvgIpc) is 3.24. The molecule has 3 aromatic carbocycles. The van der Waals surface area contributed by atoms with Gasteiger partial charge in [-0.05, 0) is 29.0 Å². The summed E-state index contributed by atoms with van der Waals surface area (Å²) in [6.45, 7) is 0. The summed E-state index contributed by atoms with van der Waals surface area (Å²) in [4.78, 5) is 42.2. The van der Waals surface area contributed by atoms with Crippen molar-refractivity contribution < 1.29 is 23.6 Å². The molecule has 0 saturated heterocycles. The number of hydrogen-bond acceptors (Lipinski definition) is 5. The van der Waals surface area contributed by atoms with Gasteiger partial charge >= 0.3 is 5.97 Å². The molecule has 0 spiro atoms. The molecule has 130 valence electrons. The van der Waals surface area contributed by atoms with Crippen LogP contribution >= 0.6 is 0 Å². The molecular weight excluding hydrogens is 346 g/mol. The summed E-state index contributed by atoms with van der Waals surface area (Å²) in [5.74, 6) is -2.35. The Morgan fingerprint density at radius 1 is 0.815 bits per heavy atom. The van der Waals surface area contributed by atoms with E-state index in [-0.39, 0.29) is 16.9 Å². The molecule has 1 aliphatic heterocycles. The van der Waals surface area contributed by atoms with Gasteiger partial charge in [0.25, 0.3) is 11.8 Å². The van der Waals surface area contributed by atoms with E-state index in [1.807, 2.05) is 30.3 Å². The Morgan fingerprint density at radius 2 is 1.48 bits per heavy atom. The molecule has 6 nitrogen and oxygen atoms in total.